The van der Waals surface area contributed by atoms with E-state index in [4.69, 9.17) is 5.11 Å². The fourth-order valence-corrected chi connectivity index (χ4v) is 2.30. The van der Waals surface area contributed by atoms with Crippen molar-refractivity contribution in [3.05, 3.63) is 0 Å². The van der Waals surface area contributed by atoms with Crippen molar-refractivity contribution in [3.63, 3.8) is 0 Å². The molecule has 1 aliphatic carbocycles. The first-order valence-electron chi connectivity index (χ1n) is 5.07. The second-order valence-corrected chi connectivity index (χ2v) is 4.13. The Labute approximate surface area is 83.7 Å². The zero-order valence-corrected chi connectivity index (χ0v) is 8.29. The van der Waals surface area contributed by atoms with Gasteiger partial charge in [-0.05, 0) is 18.3 Å². The van der Waals surface area contributed by atoms with Crippen molar-refractivity contribution in [2.75, 3.05) is 6.54 Å². The molecule has 80 valence electrons. The van der Waals surface area contributed by atoms with Crippen LogP contribution in [0, 0.1) is 5.41 Å². The molecule has 0 heterocycles. The molecule has 0 saturated heterocycles. The summed E-state index contributed by atoms with van der Waals surface area (Å²) < 4.78 is 0. The first-order chi connectivity index (χ1) is 6.68. The number of carbonyl (C=O) groups is 2. The first kappa shape index (κ1) is 11.0. The summed E-state index contributed by atoms with van der Waals surface area (Å²) in [4.78, 5) is 20.9. The number of carboxylic acid groups (broad SMARTS) is 1. The Bertz CT molecular complexity index is 209. The van der Waals surface area contributed by atoms with Crippen LogP contribution in [0.5, 0.6) is 0 Å². The van der Waals surface area contributed by atoms with Gasteiger partial charge < -0.3 is 10.4 Å². The van der Waals surface area contributed by atoms with Gasteiger partial charge in [0.2, 0.25) is 6.41 Å². The van der Waals surface area contributed by atoms with Crippen molar-refractivity contribution in [2.45, 2.75) is 38.5 Å². The minimum atomic E-state index is -0.764. The molecule has 0 aromatic carbocycles. The zero-order valence-electron chi connectivity index (χ0n) is 8.29. The molecule has 0 aromatic rings. The second-order valence-electron chi connectivity index (χ2n) is 4.13. The van der Waals surface area contributed by atoms with E-state index in [1.54, 1.807) is 0 Å². The van der Waals surface area contributed by atoms with Crippen LogP contribution < -0.4 is 5.32 Å². The quantitative estimate of drug-likeness (QED) is 0.653. The van der Waals surface area contributed by atoms with Crippen LogP contribution in [0.25, 0.3) is 0 Å². The fourth-order valence-electron chi connectivity index (χ4n) is 2.30. The van der Waals surface area contributed by atoms with Gasteiger partial charge in [0, 0.05) is 6.54 Å². The van der Waals surface area contributed by atoms with Crippen molar-refractivity contribution in [2.24, 2.45) is 5.41 Å². The van der Waals surface area contributed by atoms with Gasteiger partial charge in [0.1, 0.15) is 0 Å². The van der Waals surface area contributed by atoms with Gasteiger partial charge >= 0.3 is 5.97 Å². The summed E-state index contributed by atoms with van der Waals surface area (Å²) in [5, 5.41) is 11.4. The van der Waals surface area contributed by atoms with Gasteiger partial charge in [-0.25, -0.2) is 0 Å². The van der Waals surface area contributed by atoms with E-state index in [2.05, 4.69) is 5.32 Å². The van der Waals surface area contributed by atoms with Crippen LogP contribution in [-0.4, -0.2) is 24.0 Å². The van der Waals surface area contributed by atoms with Gasteiger partial charge in [-0.15, -0.1) is 0 Å². The number of amides is 1. The lowest BCUT2D eigenvalue weighted by molar-refractivity contribution is -0.140. The summed E-state index contributed by atoms with van der Waals surface area (Å²) in [5.41, 5.74) is -0.189. The Morgan fingerprint density at radius 2 is 2.00 bits per heavy atom. The number of hydrogen-bond donors (Lipinski definition) is 2. The molecule has 0 atom stereocenters. The summed E-state index contributed by atoms with van der Waals surface area (Å²) >= 11 is 0. The lowest BCUT2D eigenvalue weighted by Gasteiger charge is -2.35. The average Bonchev–Trinajstić information content (AvgIpc) is 2.15. The van der Waals surface area contributed by atoms with E-state index in [1.807, 2.05) is 0 Å². The van der Waals surface area contributed by atoms with Crippen molar-refractivity contribution in [3.8, 4) is 0 Å². The highest BCUT2D eigenvalue weighted by molar-refractivity contribution is 5.67. The van der Waals surface area contributed by atoms with Crippen molar-refractivity contribution < 1.29 is 14.7 Å². The standard InChI is InChI=1S/C10H17NO3/c12-8-11-7-10(6-9(13)14)4-2-1-3-5-10/h8H,1-7H2,(H,11,12)(H,13,14). The molecule has 0 bridgehead atoms. The molecule has 0 aromatic heterocycles. The minimum Gasteiger partial charge on any atom is -0.481 e. The summed E-state index contributed by atoms with van der Waals surface area (Å²) in [6.45, 7) is 0.503. The lowest BCUT2D eigenvalue weighted by Crippen LogP contribution is -2.37. The fraction of sp³-hybridized carbons (Fsp3) is 0.800. The number of hydrogen-bond acceptors (Lipinski definition) is 2. The second kappa shape index (κ2) is 4.98. The molecular weight excluding hydrogens is 182 g/mol. The molecule has 1 aliphatic rings. The van der Waals surface area contributed by atoms with Crippen LogP contribution in [0.2, 0.25) is 0 Å². The van der Waals surface area contributed by atoms with Crippen molar-refractivity contribution in [1.82, 2.24) is 5.32 Å². The van der Waals surface area contributed by atoms with E-state index in [0.29, 0.717) is 13.0 Å². The molecule has 4 nitrogen and oxygen atoms in total. The van der Waals surface area contributed by atoms with E-state index in [1.165, 1.54) is 6.42 Å². The van der Waals surface area contributed by atoms with Crippen molar-refractivity contribution in [1.29, 1.82) is 0 Å². The van der Waals surface area contributed by atoms with Gasteiger partial charge in [0.15, 0.2) is 0 Å². The zero-order chi connectivity index (χ0) is 10.4. The van der Waals surface area contributed by atoms with Crippen LogP contribution >= 0.6 is 0 Å². The third-order valence-electron chi connectivity index (χ3n) is 3.00. The molecule has 1 fully saturated rings. The lowest BCUT2D eigenvalue weighted by atomic mass is 9.72. The normalized spacial score (nSPS) is 20.0. The topological polar surface area (TPSA) is 66.4 Å². The Morgan fingerprint density at radius 1 is 1.36 bits per heavy atom. The minimum absolute atomic E-state index is 0.174. The molecular formula is C10H17NO3. The number of carboxylic acids is 1. The summed E-state index contributed by atoms with van der Waals surface area (Å²) in [6, 6.07) is 0. The largest absolute Gasteiger partial charge is 0.481 e. The maximum absolute atomic E-state index is 10.7. The number of nitrogens with one attached hydrogen (secondary N) is 1. The van der Waals surface area contributed by atoms with Gasteiger partial charge in [-0.1, -0.05) is 19.3 Å². The monoisotopic (exact) mass is 199 g/mol. The van der Waals surface area contributed by atoms with E-state index in [0.717, 1.165) is 25.7 Å². The molecule has 0 spiro atoms. The first-order valence-corrected chi connectivity index (χ1v) is 5.07. The Balaban J connectivity index is 2.56. The van der Waals surface area contributed by atoms with Crippen LogP contribution in [0.1, 0.15) is 38.5 Å². The summed E-state index contributed by atoms with van der Waals surface area (Å²) in [6.07, 6.45) is 6.00. The van der Waals surface area contributed by atoms with Gasteiger partial charge in [0.25, 0.3) is 0 Å². The molecule has 1 amide bonds. The molecule has 14 heavy (non-hydrogen) atoms. The molecule has 1 saturated carbocycles. The smallest absolute Gasteiger partial charge is 0.303 e. The summed E-state index contributed by atoms with van der Waals surface area (Å²) in [7, 11) is 0. The van der Waals surface area contributed by atoms with Gasteiger partial charge in [-0.2, -0.15) is 0 Å². The summed E-state index contributed by atoms with van der Waals surface area (Å²) in [5.74, 6) is -0.764. The maximum Gasteiger partial charge on any atom is 0.303 e. The number of carbonyl (C=O) groups excluding carboxylic acids is 1. The highest BCUT2D eigenvalue weighted by Gasteiger charge is 2.33. The van der Waals surface area contributed by atoms with Crippen LogP contribution in [0.15, 0.2) is 0 Å². The third-order valence-corrected chi connectivity index (χ3v) is 3.00. The SMILES string of the molecule is O=CNCC1(CC(=O)O)CCCCC1. The predicted molar refractivity (Wildman–Crippen MR) is 51.8 cm³/mol. The van der Waals surface area contributed by atoms with Crippen molar-refractivity contribution >= 4 is 12.4 Å². The highest BCUT2D eigenvalue weighted by Crippen LogP contribution is 2.38. The molecule has 1 rings (SSSR count). The van der Waals surface area contributed by atoms with Crippen LogP contribution in [0.3, 0.4) is 0 Å². The average molecular weight is 199 g/mol. The number of rotatable bonds is 5. The van der Waals surface area contributed by atoms with E-state index in [-0.39, 0.29) is 11.8 Å². The molecule has 0 unspecified atom stereocenters. The van der Waals surface area contributed by atoms with E-state index < -0.39 is 5.97 Å². The molecule has 4 heteroatoms. The van der Waals surface area contributed by atoms with E-state index in [9.17, 15) is 9.59 Å². The van der Waals surface area contributed by atoms with E-state index >= 15 is 0 Å². The number of aliphatic carboxylic acids is 1. The predicted octanol–water partition coefficient (Wildman–Crippen LogP) is 1.16. The maximum atomic E-state index is 10.7. The molecule has 0 radical (unpaired) electrons. The Kier molecular flexibility index (Phi) is 3.92. The van der Waals surface area contributed by atoms with Gasteiger partial charge in [0.05, 0.1) is 6.42 Å². The molecule has 0 aliphatic heterocycles. The molecule has 2 N–H and O–H groups in total. The van der Waals surface area contributed by atoms with Gasteiger partial charge in [-0.3, -0.25) is 9.59 Å². The Hall–Kier alpha value is -1.06. The highest BCUT2D eigenvalue weighted by atomic mass is 16.4. The Morgan fingerprint density at radius 3 is 2.50 bits per heavy atom. The van der Waals surface area contributed by atoms with Crippen LogP contribution in [0.4, 0.5) is 0 Å². The van der Waals surface area contributed by atoms with Crippen LogP contribution in [-0.2, 0) is 9.59 Å². The third kappa shape index (κ3) is 3.01.